The van der Waals surface area contributed by atoms with Gasteiger partial charge in [-0.25, -0.2) is 4.79 Å². The third-order valence-electron chi connectivity index (χ3n) is 3.45. The second kappa shape index (κ2) is 5.77. The van der Waals surface area contributed by atoms with E-state index in [1.165, 1.54) is 18.3 Å². The van der Waals surface area contributed by atoms with Crippen LogP contribution in [0.2, 0.25) is 0 Å². The number of nitrogens with zero attached hydrogens (tertiary/aromatic N) is 1. The van der Waals surface area contributed by atoms with Crippen LogP contribution >= 0.6 is 0 Å². The van der Waals surface area contributed by atoms with E-state index in [2.05, 4.69) is 0 Å². The predicted molar refractivity (Wildman–Crippen MR) is 69.4 cm³/mol. The van der Waals surface area contributed by atoms with Crippen LogP contribution in [0, 0.1) is 0 Å². The Morgan fingerprint density at radius 2 is 1.90 bits per heavy atom. The molecule has 0 aromatic heterocycles. The zero-order chi connectivity index (χ0) is 15.6. The molecular formula is C14H14F3NO3. The van der Waals surface area contributed by atoms with Crippen LogP contribution in [0.15, 0.2) is 30.5 Å². The molecule has 1 aromatic rings. The Morgan fingerprint density at radius 3 is 2.38 bits per heavy atom. The Morgan fingerprint density at radius 1 is 1.29 bits per heavy atom. The highest BCUT2D eigenvalue weighted by Crippen LogP contribution is 2.32. The van der Waals surface area contributed by atoms with Gasteiger partial charge in [-0.1, -0.05) is 12.1 Å². The summed E-state index contributed by atoms with van der Waals surface area (Å²) >= 11 is 0. The quantitative estimate of drug-likeness (QED) is 0.882. The lowest BCUT2D eigenvalue weighted by Gasteiger charge is -2.30. The molecule has 0 saturated carbocycles. The maximum absolute atomic E-state index is 12.5. The monoisotopic (exact) mass is 301 g/mol. The van der Waals surface area contributed by atoms with Crippen LogP contribution in [0.25, 0.3) is 5.57 Å². The fourth-order valence-corrected chi connectivity index (χ4v) is 2.28. The summed E-state index contributed by atoms with van der Waals surface area (Å²) in [4.78, 5) is 12.1. The highest BCUT2D eigenvalue weighted by atomic mass is 19.4. The Bertz CT molecular complexity index is 552. The van der Waals surface area contributed by atoms with Crippen molar-refractivity contribution in [3.05, 3.63) is 41.6 Å². The number of allylic oxidation sites excluding steroid dienone is 1. The molecule has 1 heterocycles. The van der Waals surface area contributed by atoms with Crippen molar-refractivity contribution in [2.75, 3.05) is 6.61 Å². The van der Waals surface area contributed by atoms with Gasteiger partial charge in [0.05, 0.1) is 18.2 Å². The number of rotatable bonds is 2. The Hall–Kier alpha value is -2.02. The fraction of sp³-hybridized carbons (Fsp3) is 0.357. The van der Waals surface area contributed by atoms with Crippen LogP contribution in [0.3, 0.4) is 0 Å². The lowest BCUT2D eigenvalue weighted by atomic mass is 9.95. The van der Waals surface area contributed by atoms with Crippen molar-refractivity contribution in [1.29, 1.82) is 0 Å². The van der Waals surface area contributed by atoms with Crippen LogP contribution in [-0.2, 0) is 6.18 Å². The maximum Gasteiger partial charge on any atom is 0.416 e. The Labute approximate surface area is 119 Å². The number of benzene rings is 1. The van der Waals surface area contributed by atoms with E-state index in [9.17, 15) is 18.0 Å². The van der Waals surface area contributed by atoms with Crippen LogP contribution in [0.4, 0.5) is 18.0 Å². The molecular weight excluding hydrogens is 287 g/mol. The summed E-state index contributed by atoms with van der Waals surface area (Å²) in [5.41, 5.74) is 0.437. The molecule has 0 spiro atoms. The molecule has 0 radical (unpaired) electrons. The molecule has 7 heteroatoms. The number of hydrogen-bond donors (Lipinski definition) is 2. The molecule has 114 valence electrons. The molecule has 2 N–H and O–H groups in total. The number of carbonyl (C=O) groups is 1. The fourth-order valence-electron chi connectivity index (χ4n) is 2.28. The number of aliphatic hydroxyl groups excluding tert-OH is 1. The standard InChI is InChI=1S/C14H14F3NO3/c15-14(16,17)11-4-1-9(2-5-11)10-3-6-12(8-19)18(7-10)13(20)21/h1-2,4-5,7,12,19H,3,6,8H2,(H,20,21). The summed E-state index contributed by atoms with van der Waals surface area (Å²) in [6, 6.07) is 4.08. The van der Waals surface area contributed by atoms with E-state index < -0.39 is 23.9 Å². The van der Waals surface area contributed by atoms with E-state index in [0.717, 1.165) is 17.0 Å². The van der Waals surface area contributed by atoms with Crippen LogP contribution in [-0.4, -0.2) is 33.9 Å². The lowest BCUT2D eigenvalue weighted by molar-refractivity contribution is -0.137. The number of alkyl halides is 3. The lowest BCUT2D eigenvalue weighted by Crippen LogP contribution is -2.40. The molecule has 0 saturated heterocycles. The van der Waals surface area contributed by atoms with Crippen molar-refractivity contribution >= 4 is 11.7 Å². The predicted octanol–water partition coefficient (Wildman–Crippen LogP) is 3.18. The SMILES string of the molecule is O=C(O)N1C=C(c2ccc(C(F)(F)F)cc2)CCC1CO. The van der Waals surface area contributed by atoms with Gasteiger partial charge in [0.25, 0.3) is 0 Å². The molecule has 1 aromatic carbocycles. The largest absolute Gasteiger partial charge is 0.465 e. The highest BCUT2D eigenvalue weighted by Gasteiger charge is 2.30. The first-order chi connectivity index (χ1) is 9.82. The normalized spacial score (nSPS) is 19.3. The number of carboxylic acid groups (broad SMARTS) is 1. The van der Waals surface area contributed by atoms with E-state index in [1.54, 1.807) is 0 Å². The van der Waals surface area contributed by atoms with Crippen molar-refractivity contribution in [3.8, 4) is 0 Å². The average molecular weight is 301 g/mol. The minimum Gasteiger partial charge on any atom is -0.465 e. The first kappa shape index (κ1) is 15.4. The second-order valence-electron chi connectivity index (χ2n) is 4.79. The zero-order valence-corrected chi connectivity index (χ0v) is 11.0. The zero-order valence-electron chi connectivity index (χ0n) is 11.0. The molecule has 4 nitrogen and oxygen atoms in total. The van der Waals surface area contributed by atoms with E-state index >= 15 is 0 Å². The summed E-state index contributed by atoms with van der Waals surface area (Å²) in [6.45, 7) is -0.289. The summed E-state index contributed by atoms with van der Waals surface area (Å²) < 4.78 is 37.5. The molecule has 1 unspecified atom stereocenters. The van der Waals surface area contributed by atoms with Gasteiger partial charge in [0.1, 0.15) is 0 Å². The number of amides is 1. The topological polar surface area (TPSA) is 60.8 Å². The van der Waals surface area contributed by atoms with Crippen molar-refractivity contribution in [1.82, 2.24) is 4.90 Å². The summed E-state index contributed by atoms with van der Waals surface area (Å²) in [5.74, 6) is 0. The Kier molecular flexibility index (Phi) is 4.22. The third-order valence-corrected chi connectivity index (χ3v) is 3.45. The highest BCUT2D eigenvalue weighted by molar-refractivity contribution is 5.74. The van der Waals surface area contributed by atoms with Gasteiger partial charge in [-0.05, 0) is 36.1 Å². The molecule has 0 aliphatic carbocycles. The van der Waals surface area contributed by atoms with Gasteiger partial charge in [-0.3, -0.25) is 4.90 Å². The molecule has 1 amide bonds. The smallest absolute Gasteiger partial charge is 0.416 e. The summed E-state index contributed by atoms with van der Waals surface area (Å²) in [6.07, 6.45) is -3.29. The molecule has 1 aliphatic heterocycles. The molecule has 1 aliphatic rings. The van der Waals surface area contributed by atoms with Gasteiger partial charge in [-0.15, -0.1) is 0 Å². The van der Waals surface area contributed by atoms with Gasteiger partial charge in [0.2, 0.25) is 0 Å². The van der Waals surface area contributed by atoms with Gasteiger partial charge in [0, 0.05) is 6.20 Å². The maximum atomic E-state index is 12.5. The minimum absolute atomic E-state index is 0.289. The average Bonchev–Trinajstić information content (AvgIpc) is 2.45. The van der Waals surface area contributed by atoms with Crippen molar-refractivity contribution in [2.24, 2.45) is 0 Å². The summed E-state index contributed by atoms with van der Waals surface area (Å²) in [7, 11) is 0. The van der Waals surface area contributed by atoms with Gasteiger partial charge in [0.15, 0.2) is 0 Å². The van der Waals surface area contributed by atoms with Crippen LogP contribution in [0.1, 0.15) is 24.0 Å². The van der Waals surface area contributed by atoms with Crippen LogP contribution < -0.4 is 0 Å². The van der Waals surface area contributed by atoms with E-state index in [0.29, 0.717) is 24.0 Å². The van der Waals surface area contributed by atoms with Gasteiger partial charge >= 0.3 is 12.3 Å². The number of aliphatic hydroxyl groups is 1. The molecule has 1 atom stereocenters. The first-order valence-corrected chi connectivity index (χ1v) is 6.33. The molecule has 2 rings (SSSR count). The first-order valence-electron chi connectivity index (χ1n) is 6.33. The molecule has 0 fully saturated rings. The second-order valence-corrected chi connectivity index (χ2v) is 4.79. The molecule has 0 bridgehead atoms. The van der Waals surface area contributed by atoms with Crippen molar-refractivity contribution in [2.45, 2.75) is 25.1 Å². The third kappa shape index (κ3) is 3.36. The Balaban J connectivity index is 2.27. The van der Waals surface area contributed by atoms with E-state index in [4.69, 9.17) is 10.2 Å². The summed E-state index contributed by atoms with van der Waals surface area (Å²) in [5, 5.41) is 18.2. The van der Waals surface area contributed by atoms with Gasteiger partial charge < -0.3 is 10.2 Å². The number of halogens is 3. The van der Waals surface area contributed by atoms with Gasteiger partial charge in [-0.2, -0.15) is 13.2 Å². The van der Waals surface area contributed by atoms with E-state index in [-0.39, 0.29) is 6.61 Å². The minimum atomic E-state index is -4.39. The van der Waals surface area contributed by atoms with Crippen LogP contribution in [0.5, 0.6) is 0 Å². The molecule has 21 heavy (non-hydrogen) atoms. The van der Waals surface area contributed by atoms with E-state index in [1.807, 2.05) is 0 Å². The van der Waals surface area contributed by atoms with Crippen molar-refractivity contribution in [3.63, 3.8) is 0 Å². The van der Waals surface area contributed by atoms with Crippen molar-refractivity contribution < 1.29 is 28.2 Å². The number of hydrogen-bond acceptors (Lipinski definition) is 2.